The largest absolute Gasteiger partial charge is 0.490 e. The van der Waals surface area contributed by atoms with E-state index in [9.17, 15) is 10.1 Å². The van der Waals surface area contributed by atoms with Gasteiger partial charge in [0.05, 0.1) is 6.61 Å². The van der Waals surface area contributed by atoms with Gasteiger partial charge in [-0.3, -0.25) is 4.79 Å². The van der Waals surface area contributed by atoms with Crippen molar-refractivity contribution >= 4 is 35.2 Å². The molecule has 3 aromatic rings. The molecule has 0 aliphatic carbocycles. The lowest BCUT2D eigenvalue weighted by atomic mass is 10.1. The molecule has 0 fully saturated rings. The van der Waals surface area contributed by atoms with Gasteiger partial charge in [0.15, 0.2) is 11.5 Å². The fourth-order valence-electron chi connectivity index (χ4n) is 3.35. The number of ether oxygens (including phenoxy) is 2. The maximum atomic E-state index is 12.5. The van der Waals surface area contributed by atoms with Crippen LogP contribution in [0.15, 0.2) is 72.3 Å². The molecule has 3 rings (SSSR count). The molecule has 0 aliphatic heterocycles. The van der Waals surface area contributed by atoms with E-state index in [-0.39, 0.29) is 12.2 Å². The number of carbonyl (C=O) groups excluding carboxylic acids is 1. The normalized spacial score (nSPS) is 11.0. The van der Waals surface area contributed by atoms with Gasteiger partial charge in [-0.15, -0.1) is 0 Å². The van der Waals surface area contributed by atoms with Crippen LogP contribution in [0.5, 0.6) is 11.5 Å². The van der Waals surface area contributed by atoms with Crippen molar-refractivity contribution in [3.63, 3.8) is 0 Å². The molecule has 0 aliphatic rings. The van der Waals surface area contributed by atoms with Gasteiger partial charge in [-0.2, -0.15) is 5.26 Å². The van der Waals surface area contributed by atoms with Crippen LogP contribution in [0.4, 0.5) is 0 Å². The zero-order valence-electron chi connectivity index (χ0n) is 19.4. The lowest BCUT2D eigenvalue weighted by Gasteiger charge is -2.13. The minimum absolute atomic E-state index is 0.0220. The minimum Gasteiger partial charge on any atom is -0.490 e. The molecule has 0 atom stereocenters. The molecule has 0 spiro atoms. The van der Waals surface area contributed by atoms with Gasteiger partial charge in [-0.1, -0.05) is 65.7 Å². The Morgan fingerprint density at radius 2 is 1.83 bits per heavy atom. The lowest BCUT2D eigenvalue weighted by molar-refractivity contribution is -0.117. The molecule has 0 bridgehead atoms. The maximum absolute atomic E-state index is 12.5. The number of halogens is 2. The first kappa shape index (κ1) is 26.2. The Morgan fingerprint density at radius 1 is 1.03 bits per heavy atom. The molecule has 0 heterocycles. The predicted molar refractivity (Wildman–Crippen MR) is 140 cm³/mol. The third kappa shape index (κ3) is 8.06. The van der Waals surface area contributed by atoms with E-state index in [1.165, 1.54) is 11.6 Å². The minimum atomic E-state index is -0.406. The van der Waals surface area contributed by atoms with Gasteiger partial charge >= 0.3 is 0 Å². The molecular formula is C28H26Cl2N2O3. The van der Waals surface area contributed by atoms with Gasteiger partial charge in [0.25, 0.3) is 5.91 Å². The fourth-order valence-corrected chi connectivity index (χ4v) is 3.81. The number of benzene rings is 3. The van der Waals surface area contributed by atoms with Crippen molar-refractivity contribution in [2.24, 2.45) is 0 Å². The highest BCUT2D eigenvalue weighted by Gasteiger charge is 2.12. The first-order chi connectivity index (χ1) is 17.0. The molecule has 0 saturated heterocycles. The number of carbonyl (C=O) groups is 1. The van der Waals surface area contributed by atoms with Crippen molar-refractivity contribution in [1.29, 1.82) is 5.26 Å². The van der Waals surface area contributed by atoms with Crippen LogP contribution in [-0.2, 0) is 17.8 Å². The highest BCUT2D eigenvalue weighted by Crippen LogP contribution is 2.31. The van der Waals surface area contributed by atoms with Gasteiger partial charge < -0.3 is 14.8 Å². The van der Waals surface area contributed by atoms with E-state index in [1.807, 2.05) is 31.2 Å². The Kier molecular flexibility index (Phi) is 10.0. The Labute approximate surface area is 215 Å². The molecule has 5 nitrogen and oxygen atoms in total. The second kappa shape index (κ2) is 13.4. The van der Waals surface area contributed by atoms with Gasteiger partial charge in [-0.05, 0) is 61.2 Å². The number of nitriles is 1. The van der Waals surface area contributed by atoms with E-state index in [2.05, 4.69) is 17.4 Å². The second-order valence-corrected chi connectivity index (χ2v) is 8.52. The Morgan fingerprint density at radius 3 is 2.54 bits per heavy atom. The highest BCUT2D eigenvalue weighted by molar-refractivity contribution is 6.35. The molecule has 0 saturated carbocycles. The molecule has 0 aromatic heterocycles. The third-order valence-electron chi connectivity index (χ3n) is 5.11. The second-order valence-electron chi connectivity index (χ2n) is 7.68. The molecule has 0 unspecified atom stereocenters. The Balaban J connectivity index is 1.64. The van der Waals surface area contributed by atoms with Crippen LogP contribution in [0, 0.1) is 11.3 Å². The van der Waals surface area contributed by atoms with E-state index in [4.69, 9.17) is 32.7 Å². The number of amides is 1. The van der Waals surface area contributed by atoms with Crippen LogP contribution in [-0.4, -0.2) is 19.1 Å². The van der Waals surface area contributed by atoms with Crippen LogP contribution in [0.1, 0.15) is 30.0 Å². The number of rotatable bonds is 11. The number of aryl methyl sites for hydroxylation is 1. The third-order valence-corrected chi connectivity index (χ3v) is 5.70. The number of hydrogen-bond acceptors (Lipinski definition) is 4. The molecule has 0 radical (unpaired) electrons. The summed E-state index contributed by atoms with van der Waals surface area (Å²) >= 11 is 12.2. The van der Waals surface area contributed by atoms with E-state index in [1.54, 1.807) is 36.4 Å². The standard InChI is InChI=1S/C28H26Cl2N2O3/c1-2-34-27-16-21(10-13-26(27)35-19-22-11-12-24(29)17-25(22)30)15-23(18-31)28(33)32-14-6-9-20-7-4-3-5-8-20/h3-5,7-8,10-13,15-17H,2,6,9,14,19H2,1H3,(H,32,33)/b23-15-. The molecule has 3 aromatic carbocycles. The summed E-state index contributed by atoms with van der Waals surface area (Å²) in [4.78, 5) is 12.5. The van der Waals surface area contributed by atoms with Crippen molar-refractivity contribution in [2.45, 2.75) is 26.4 Å². The zero-order valence-corrected chi connectivity index (χ0v) is 20.9. The quantitative estimate of drug-likeness (QED) is 0.179. The van der Waals surface area contributed by atoms with Crippen LogP contribution in [0.2, 0.25) is 10.0 Å². The van der Waals surface area contributed by atoms with Crippen molar-refractivity contribution in [2.75, 3.05) is 13.2 Å². The number of nitrogens with one attached hydrogen (secondary N) is 1. The lowest BCUT2D eigenvalue weighted by Crippen LogP contribution is -2.25. The summed E-state index contributed by atoms with van der Waals surface area (Å²) in [6.07, 6.45) is 3.18. The van der Waals surface area contributed by atoms with E-state index < -0.39 is 5.91 Å². The van der Waals surface area contributed by atoms with Crippen molar-refractivity contribution in [1.82, 2.24) is 5.32 Å². The topological polar surface area (TPSA) is 71.3 Å². The van der Waals surface area contributed by atoms with Crippen molar-refractivity contribution < 1.29 is 14.3 Å². The smallest absolute Gasteiger partial charge is 0.261 e. The van der Waals surface area contributed by atoms with Gasteiger partial charge in [0.1, 0.15) is 18.2 Å². The van der Waals surface area contributed by atoms with Gasteiger partial charge in [0.2, 0.25) is 0 Å². The molecular weight excluding hydrogens is 483 g/mol. The van der Waals surface area contributed by atoms with Crippen molar-refractivity contribution in [3.8, 4) is 17.6 Å². The Bertz CT molecular complexity index is 1220. The first-order valence-corrected chi connectivity index (χ1v) is 12.0. The summed E-state index contributed by atoms with van der Waals surface area (Å²) in [5.41, 5.74) is 2.68. The highest BCUT2D eigenvalue weighted by atomic mass is 35.5. The SMILES string of the molecule is CCOc1cc(/C=C(/C#N)C(=O)NCCCc2ccccc2)ccc1OCc1ccc(Cl)cc1Cl. The molecule has 7 heteroatoms. The fraction of sp³-hybridized carbons (Fsp3) is 0.214. The zero-order chi connectivity index (χ0) is 25.0. The molecule has 180 valence electrons. The van der Waals surface area contributed by atoms with E-state index >= 15 is 0 Å². The van der Waals surface area contributed by atoms with Crippen LogP contribution >= 0.6 is 23.2 Å². The van der Waals surface area contributed by atoms with E-state index in [0.29, 0.717) is 40.3 Å². The first-order valence-electron chi connectivity index (χ1n) is 11.3. The summed E-state index contributed by atoms with van der Waals surface area (Å²) < 4.78 is 11.6. The van der Waals surface area contributed by atoms with E-state index in [0.717, 1.165) is 18.4 Å². The monoisotopic (exact) mass is 508 g/mol. The van der Waals surface area contributed by atoms with Crippen molar-refractivity contribution in [3.05, 3.63) is 99.0 Å². The summed E-state index contributed by atoms with van der Waals surface area (Å²) in [5, 5.41) is 13.4. The van der Waals surface area contributed by atoms with Crippen LogP contribution in [0.25, 0.3) is 6.08 Å². The summed E-state index contributed by atoms with van der Waals surface area (Å²) in [6.45, 7) is 3.02. The van der Waals surface area contributed by atoms with Crippen LogP contribution < -0.4 is 14.8 Å². The number of nitrogens with zero attached hydrogens (tertiary/aromatic N) is 1. The van der Waals surface area contributed by atoms with Crippen LogP contribution in [0.3, 0.4) is 0 Å². The summed E-state index contributed by atoms with van der Waals surface area (Å²) in [6, 6.07) is 22.5. The maximum Gasteiger partial charge on any atom is 0.261 e. The summed E-state index contributed by atoms with van der Waals surface area (Å²) in [5.74, 6) is 0.627. The number of hydrogen-bond donors (Lipinski definition) is 1. The summed E-state index contributed by atoms with van der Waals surface area (Å²) in [7, 11) is 0. The van der Waals surface area contributed by atoms with Gasteiger partial charge in [0, 0.05) is 22.2 Å². The molecule has 35 heavy (non-hydrogen) atoms. The molecule has 1 amide bonds. The molecule has 1 N–H and O–H groups in total. The Hall–Kier alpha value is -3.46. The average molecular weight is 509 g/mol. The average Bonchev–Trinajstić information content (AvgIpc) is 2.86. The van der Waals surface area contributed by atoms with Gasteiger partial charge in [-0.25, -0.2) is 0 Å². The predicted octanol–water partition coefficient (Wildman–Crippen LogP) is 6.63.